The maximum atomic E-state index is 6.05. The van der Waals surface area contributed by atoms with Gasteiger partial charge in [0.15, 0.2) is 11.5 Å². The first kappa shape index (κ1) is 17.1. The lowest BCUT2D eigenvalue weighted by molar-refractivity contribution is 0.271. The summed E-state index contributed by atoms with van der Waals surface area (Å²) in [4.78, 5) is 8.97. The second kappa shape index (κ2) is 6.46. The van der Waals surface area contributed by atoms with Gasteiger partial charge in [0.1, 0.15) is 18.5 Å². The van der Waals surface area contributed by atoms with Crippen LogP contribution in [0.1, 0.15) is 32.2 Å². The number of aryl methyl sites for hydroxylation is 1. The maximum absolute atomic E-state index is 6.05. The van der Waals surface area contributed by atoms with Crippen molar-refractivity contribution in [3.05, 3.63) is 54.1 Å². The topological polar surface area (TPSA) is 83.5 Å². The van der Waals surface area contributed by atoms with Gasteiger partial charge in [0.05, 0.1) is 5.69 Å². The van der Waals surface area contributed by atoms with Crippen molar-refractivity contribution in [1.82, 2.24) is 34.7 Å². The number of rotatable bonds is 4. The first-order valence-corrected chi connectivity index (χ1v) is 8.71. The first-order valence-electron chi connectivity index (χ1n) is 8.71. The SMILES string of the molecule is Cn1ncnc1COc1nc2c(cc1C(C)(C)C)nnn2-c1ccccc1. The van der Waals surface area contributed by atoms with Crippen LogP contribution < -0.4 is 4.74 Å². The number of hydrogen-bond acceptors (Lipinski definition) is 6. The summed E-state index contributed by atoms with van der Waals surface area (Å²) in [6, 6.07) is 11.8. The van der Waals surface area contributed by atoms with Gasteiger partial charge in [-0.25, -0.2) is 4.98 Å². The number of hydrogen-bond donors (Lipinski definition) is 0. The molecule has 1 aromatic carbocycles. The molecule has 0 aliphatic rings. The predicted octanol–water partition coefficient (Wildman–Crippen LogP) is 2.82. The summed E-state index contributed by atoms with van der Waals surface area (Å²) in [6.45, 7) is 6.64. The van der Waals surface area contributed by atoms with E-state index in [0.717, 1.165) is 22.6 Å². The Hall–Kier alpha value is -3.29. The molecule has 0 bridgehead atoms. The van der Waals surface area contributed by atoms with Crippen molar-refractivity contribution in [3.8, 4) is 11.6 Å². The minimum Gasteiger partial charge on any atom is -0.469 e. The van der Waals surface area contributed by atoms with Crippen LogP contribution in [0.4, 0.5) is 0 Å². The van der Waals surface area contributed by atoms with Crippen LogP contribution in [0.15, 0.2) is 42.7 Å². The number of nitrogens with zero attached hydrogens (tertiary/aromatic N) is 7. The molecule has 27 heavy (non-hydrogen) atoms. The summed E-state index contributed by atoms with van der Waals surface area (Å²) in [5, 5.41) is 12.7. The molecule has 3 heterocycles. The summed E-state index contributed by atoms with van der Waals surface area (Å²) < 4.78 is 9.46. The van der Waals surface area contributed by atoms with E-state index < -0.39 is 0 Å². The molecule has 0 atom stereocenters. The van der Waals surface area contributed by atoms with Crippen molar-refractivity contribution in [1.29, 1.82) is 0 Å². The van der Waals surface area contributed by atoms with E-state index in [9.17, 15) is 0 Å². The first-order chi connectivity index (χ1) is 12.9. The summed E-state index contributed by atoms with van der Waals surface area (Å²) in [6.07, 6.45) is 1.51. The summed E-state index contributed by atoms with van der Waals surface area (Å²) in [7, 11) is 1.83. The molecule has 0 unspecified atom stereocenters. The number of benzene rings is 1. The van der Waals surface area contributed by atoms with Gasteiger partial charge < -0.3 is 4.74 Å². The zero-order valence-corrected chi connectivity index (χ0v) is 15.8. The van der Waals surface area contributed by atoms with Crippen LogP contribution >= 0.6 is 0 Å². The quantitative estimate of drug-likeness (QED) is 0.554. The average molecular weight is 363 g/mol. The van der Waals surface area contributed by atoms with Crippen molar-refractivity contribution in [2.24, 2.45) is 7.05 Å². The van der Waals surface area contributed by atoms with E-state index in [1.165, 1.54) is 6.33 Å². The Morgan fingerprint density at radius 3 is 2.56 bits per heavy atom. The molecule has 0 radical (unpaired) electrons. The normalized spacial score (nSPS) is 11.9. The lowest BCUT2D eigenvalue weighted by Crippen LogP contribution is -2.16. The van der Waals surface area contributed by atoms with Crippen LogP contribution in [-0.4, -0.2) is 34.7 Å². The molecule has 0 aliphatic carbocycles. The highest BCUT2D eigenvalue weighted by Crippen LogP contribution is 2.33. The molecule has 0 spiro atoms. The second-order valence-electron chi connectivity index (χ2n) is 7.36. The smallest absolute Gasteiger partial charge is 0.219 e. The van der Waals surface area contributed by atoms with Gasteiger partial charge in [0, 0.05) is 12.6 Å². The fourth-order valence-electron chi connectivity index (χ4n) is 2.82. The zero-order valence-electron chi connectivity index (χ0n) is 15.8. The zero-order chi connectivity index (χ0) is 19.0. The van der Waals surface area contributed by atoms with E-state index in [-0.39, 0.29) is 12.0 Å². The number of fused-ring (bicyclic) bond motifs is 1. The largest absolute Gasteiger partial charge is 0.469 e. The van der Waals surface area contributed by atoms with Crippen LogP contribution in [0.2, 0.25) is 0 Å². The Morgan fingerprint density at radius 1 is 1.11 bits per heavy atom. The van der Waals surface area contributed by atoms with Gasteiger partial charge in [0.25, 0.3) is 0 Å². The highest BCUT2D eigenvalue weighted by atomic mass is 16.5. The maximum Gasteiger partial charge on any atom is 0.219 e. The number of pyridine rings is 1. The van der Waals surface area contributed by atoms with E-state index in [1.54, 1.807) is 9.36 Å². The molecule has 8 heteroatoms. The van der Waals surface area contributed by atoms with E-state index in [0.29, 0.717) is 11.5 Å². The van der Waals surface area contributed by atoms with Gasteiger partial charge in [-0.2, -0.15) is 14.8 Å². The molecule has 138 valence electrons. The third-order valence-electron chi connectivity index (χ3n) is 4.34. The van der Waals surface area contributed by atoms with E-state index in [4.69, 9.17) is 9.72 Å². The Morgan fingerprint density at radius 2 is 1.89 bits per heavy atom. The predicted molar refractivity (Wildman–Crippen MR) is 101 cm³/mol. The van der Waals surface area contributed by atoms with Crippen LogP contribution in [0, 0.1) is 0 Å². The van der Waals surface area contributed by atoms with Crippen molar-refractivity contribution in [2.75, 3.05) is 0 Å². The van der Waals surface area contributed by atoms with Crippen LogP contribution in [0.5, 0.6) is 5.88 Å². The molecule has 0 saturated heterocycles. The van der Waals surface area contributed by atoms with Crippen LogP contribution in [0.3, 0.4) is 0 Å². The minimum atomic E-state index is -0.160. The summed E-state index contributed by atoms with van der Waals surface area (Å²) in [5.74, 6) is 1.28. The van der Waals surface area contributed by atoms with Crippen molar-refractivity contribution in [2.45, 2.75) is 32.8 Å². The Labute approximate surface area is 156 Å². The van der Waals surface area contributed by atoms with E-state index >= 15 is 0 Å². The van der Waals surface area contributed by atoms with Gasteiger partial charge in [0.2, 0.25) is 5.88 Å². The highest BCUT2D eigenvalue weighted by Gasteiger charge is 2.24. The number of ether oxygens (including phenoxy) is 1. The summed E-state index contributed by atoms with van der Waals surface area (Å²) in [5.41, 5.74) is 3.09. The van der Waals surface area contributed by atoms with Gasteiger partial charge in [-0.1, -0.05) is 44.2 Å². The molecule has 8 nitrogen and oxygen atoms in total. The molecule has 4 aromatic rings. The lowest BCUT2D eigenvalue weighted by Gasteiger charge is -2.21. The molecule has 0 fully saturated rings. The van der Waals surface area contributed by atoms with E-state index in [1.807, 2.05) is 43.4 Å². The molecule has 4 rings (SSSR count). The van der Waals surface area contributed by atoms with E-state index in [2.05, 4.69) is 41.2 Å². The Bertz CT molecular complexity index is 1080. The van der Waals surface area contributed by atoms with Crippen LogP contribution in [0.25, 0.3) is 16.9 Å². The molecule has 0 amide bonds. The summed E-state index contributed by atoms with van der Waals surface area (Å²) >= 11 is 0. The standard InChI is InChI=1S/C19H21N7O/c1-19(2,3)14-10-15-17(26(24-23-15)13-8-6-5-7-9-13)22-18(14)27-11-16-20-12-21-25(16)4/h5-10,12H,11H2,1-4H3. The molecule has 3 aromatic heterocycles. The molecule has 0 N–H and O–H groups in total. The fourth-order valence-corrected chi connectivity index (χ4v) is 2.82. The third kappa shape index (κ3) is 3.25. The minimum absolute atomic E-state index is 0.160. The van der Waals surface area contributed by atoms with Gasteiger partial charge >= 0.3 is 0 Å². The fraction of sp³-hybridized carbons (Fsp3) is 0.316. The monoisotopic (exact) mass is 363 g/mol. The number of aromatic nitrogens is 7. The van der Waals surface area contributed by atoms with Gasteiger partial charge in [-0.15, -0.1) is 5.10 Å². The molecular weight excluding hydrogens is 342 g/mol. The Balaban J connectivity index is 1.80. The second-order valence-corrected chi connectivity index (χ2v) is 7.36. The van der Waals surface area contributed by atoms with Crippen molar-refractivity contribution < 1.29 is 4.74 Å². The third-order valence-corrected chi connectivity index (χ3v) is 4.34. The number of para-hydroxylation sites is 1. The average Bonchev–Trinajstić information content (AvgIpc) is 3.24. The van der Waals surface area contributed by atoms with Gasteiger partial charge in [-0.05, 0) is 23.6 Å². The van der Waals surface area contributed by atoms with Crippen LogP contribution in [-0.2, 0) is 19.1 Å². The lowest BCUT2D eigenvalue weighted by atomic mass is 9.87. The van der Waals surface area contributed by atoms with Crippen molar-refractivity contribution >= 4 is 11.2 Å². The highest BCUT2D eigenvalue weighted by molar-refractivity contribution is 5.74. The van der Waals surface area contributed by atoms with Crippen molar-refractivity contribution in [3.63, 3.8) is 0 Å². The molecular formula is C19H21N7O. The molecule has 0 saturated carbocycles. The van der Waals surface area contributed by atoms with Gasteiger partial charge in [-0.3, -0.25) is 4.68 Å². The Kier molecular flexibility index (Phi) is 4.10. The molecule has 0 aliphatic heterocycles.